The molecule has 1 saturated heterocycles. The van der Waals surface area contributed by atoms with Gasteiger partial charge in [0.1, 0.15) is 0 Å². The zero-order chi connectivity index (χ0) is 9.69. The summed E-state index contributed by atoms with van der Waals surface area (Å²) in [5.74, 6) is -3.38. The quantitative estimate of drug-likeness (QED) is 0.701. The largest absolute Gasteiger partial charge is 0.480 e. The van der Waals surface area contributed by atoms with E-state index in [4.69, 9.17) is 5.11 Å². The van der Waals surface area contributed by atoms with Gasteiger partial charge in [0.25, 0.3) is 0 Å². The van der Waals surface area contributed by atoms with Crippen LogP contribution in [0.5, 0.6) is 0 Å². The predicted octanol–water partition coefficient (Wildman–Crippen LogP) is 0.802. The van der Waals surface area contributed by atoms with Crippen LogP contribution in [0.2, 0.25) is 0 Å². The first-order valence-corrected chi connectivity index (χ1v) is 4.23. The van der Waals surface area contributed by atoms with E-state index < -0.39 is 11.9 Å². The van der Waals surface area contributed by atoms with E-state index in [9.17, 15) is 13.6 Å². The number of likely N-dealkylation sites (tertiary alicyclic amines) is 1. The molecule has 0 aromatic heterocycles. The summed E-state index contributed by atoms with van der Waals surface area (Å²) in [5, 5.41) is 8.42. The van der Waals surface area contributed by atoms with Crippen molar-refractivity contribution < 1.29 is 18.7 Å². The number of halogens is 2. The van der Waals surface area contributed by atoms with E-state index in [-0.39, 0.29) is 24.8 Å². The Hall–Kier alpha value is -0.710. The lowest BCUT2D eigenvalue weighted by atomic mass is 9.61. The molecule has 2 aliphatic rings. The molecule has 0 amide bonds. The average Bonchev–Trinajstić information content (AvgIpc) is 1.77. The van der Waals surface area contributed by atoms with Gasteiger partial charge in [0.05, 0.1) is 6.54 Å². The number of alkyl halides is 2. The number of carbonyl (C=O) groups is 1. The number of nitrogens with zero attached hydrogens (tertiary/aromatic N) is 1. The molecule has 74 valence electrons. The Balaban J connectivity index is 1.77. The predicted molar refractivity (Wildman–Crippen MR) is 40.7 cm³/mol. The highest BCUT2D eigenvalue weighted by Gasteiger charge is 2.61. The van der Waals surface area contributed by atoms with Crippen LogP contribution in [0.25, 0.3) is 0 Å². The minimum atomic E-state index is -2.49. The van der Waals surface area contributed by atoms with E-state index in [1.54, 1.807) is 4.90 Å². The minimum absolute atomic E-state index is 0.0205. The van der Waals surface area contributed by atoms with Gasteiger partial charge in [0, 0.05) is 31.3 Å². The van der Waals surface area contributed by atoms with Crippen LogP contribution in [0.15, 0.2) is 0 Å². The first-order chi connectivity index (χ1) is 5.91. The van der Waals surface area contributed by atoms with E-state index in [0.29, 0.717) is 13.1 Å². The highest BCUT2D eigenvalue weighted by Crippen LogP contribution is 2.56. The van der Waals surface area contributed by atoms with Gasteiger partial charge in [-0.15, -0.1) is 0 Å². The van der Waals surface area contributed by atoms with Crippen LogP contribution in [0.1, 0.15) is 12.8 Å². The third-order valence-electron chi connectivity index (χ3n) is 2.74. The summed E-state index contributed by atoms with van der Waals surface area (Å²) in [7, 11) is 0. The third-order valence-corrected chi connectivity index (χ3v) is 2.74. The van der Waals surface area contributed by atoms with E-state index in [1.165, 1.54) is 0 Å². The van der Waals surface area contributed by atoms with Crippen molar-refractivity contribution in [3.8, 4) is 0 Å². The molecule has 0 unspecified atom stereocenters. The Labute approximate surface area is 74.3 Å². The summed E-state index contributed by atoms with van der Waals surface area (Å²) in [6.07, 6.45) is -0.119. The Bertz CT molecular complexity index is 239. The smallest absolute Gasteiger partial charge is 0.317 e. The summed E-state index contributed by atoms with van der Waals surface area (Å²) in [5.41, 5.74) is -0.251. The molecule has 0 atom stereocenters. The minimum Gasteiger partial charge on any atom is -0.480 e. The monoisotopic (exact) mass is 191 g/mol. The van der Waals surface area contributed by atoms with Gasteiger partial charge in [-0.25, -0.2) is 8.78 Å². The Morgan fingerprint density at radius 2 is 1.92 bits per heavy atom. The van der Waals surface area contributed by atoms with Gasteiger partial charge in [-0.05, 0) is 0 Å². The number of hydrogen-bond acceptors (Lipinski definition) is 2. The molecule has 1 saturated carbocycles. The molecular weight excluding hydrogens is 180 g/mol. The van der Waals surface area contributed by atoms with Crippen LogP contribution < -0.4 is 0 Å². The molecule has 0 bridgehead atoms. The number of rotatable bonds is 2. The number of carboxylic acids is 1. The number of carboxylic acid groups (broad SMARTS) is 1. The molecule has 1 aliphatic heterocycles. The van der Waals surface area contributed by atoms with Crippen LogP contribution in [0.3, 0.4) is 0 Å². The molecule has 1 spiro atoms. The Morgan fingerprint density at radius 3 is 2.31 bits per heavy atom. The molecule has 13 heavy (non-hydrogen) atoms. The summed E-state index contributed by atoms with van der Waals surface area (Å²) in [4.78, 5) is 11.9. The molecule has 1 N–H and O–H groups in total. The van der Waals surface area contributed by atoms with Crippen LogP contribution in [-0.4, -0.2) is 41.5 Å². The fourth-order valence-corrected chi connectivity index (χ4v) is 2.47. The topological polar surface area (TPSA) is 40.5 Å². The van der Waals surface area contributed by atoms with Crippen molar-refractivity contribution in [2.45, 2.75) is 18.8 Å². The van der Waals surface area contributed by atoms with Crippen LogP contribution in [0, 0.1) is 5.41 Å². The maximum absolute atomic E-state index is 12.5. The maximum atomic E-state index is 12.5. The van der Waals surface area contributed by atoms with E-state index in [1.807, 2.05) is 0 Å². The third kappa shape index (κ3) is 1.52. The molecule has 1 aliphatic carbocycles. The summed E-state index contributed by atoms with van der Waals surface area (Å²) in [6.45, 7) is 1.02. The van der Waals surface area contributed by atoms with Crippen molar-refractivity contribution >= 4 is 5.97 Å². The second-order valence-corrected chi connectivity index (χ2v) is 4.25. The van der Waals surface area contributed by atoms with Crippen molar-refractivity contribution in [1.29, 1.82) is 0 Å². The van der Waals surface area contributed by atoms with Crippen LogP contribution in [-0.2, 0) is 4.79 Å². The van der Waals surface area contributed by atoms with Crippen LogP contribution in [0.4, 0.5) is 8.78 Å². The molecule has 5 heteroatoms. The SMILES string of the molecule is O=C(O)CN1CC2(C1)CC(F)(F)C2. The van der Waals surface area contributed by atoms with Gasteiger partial charge >= 0.3 is 5.97 Å². The second-order valence-electron chi connectivity index (χ2n) is 4.25. The van der Waals surface area contributed by atoms with Crippen molar-refractivity contribution in [3.05, 3.63) is 0 Å². The fourth-order valence-electron chi connectivity index (χ4n) is 2.47. The van der Waals surface area contributed by atoms with Crippen molar-refractivity contribution in [3.63, 3.8) is 0 Å². The van der Waals surface area contributed by atoms with E-state index in [0.717, 1.165) is 0 Å². The lowest BCUT2D eigenvalue weighted by molar-refractivity contribution is -0.213. The molecule has 3 nitrogen and oxygen atoms in total. The van der Waals surface area contributed by atoms with Gasteiger partial charge < -0.3 is 5.11 Å². The molecule has 0 radical (unpaired) electrons. The van der Waals surface area contributed by atoms with E-state index >= 15 is 0 Å². The first-order valence-electron chi connectivity index (χ1n) is 4.23. The van der Waals surface area contributed by atoms with Gasteiger partial charge in [0.15, 0.2) is 0 Å². The maximum Gasteiger partial charge on any atom is 0.317 e. The molecule has 0 aromatic carbocycles. The lowest BCUT2D eigenvalue weighted by Gasteiger charge is -2.58. The van der Waals surface area contributed by atoms with Gasteiger partial charge in [-0.3, -0.25) is 9.69 Å². The van der Waals surface area contributed by atoms with Gasteiger partial charge in [-0.1, -0.05) is 0 Å². The average molecular weight is 191 g/mol. The van der Waals surface area contributed by atoms with Crippen LogP contribution >= 0.6 is 0 Å². The molecule has 2 fully saturated rings. The Morgan fingerprint density at radius 1 is 1.38 bits per heavy atom. The normalized spacial score (nSPS) is 29.4. The highest BCUT2D eigenvalue weighted by molar-refractivity contribution is 5.69. The molecule has 0 aromatic rings. The summed E-state index contributed by atoms with van der Waals surface area (Å²) >= 11 is 0. The van der Waals surface area contributed by atoms with Gasteiger partial charge in [0.2, 0.25) is 5.92 Å². The molecule has 2 rings (SSSR count). The highest BCUT2D eigenvalue weighted by atomic mass is 19.3. The first kappa shape index (κ1) is 8.87. The zero-order valence-corrected chi connectivity index (χ0v) is 7.09. The van der Waals surface area contributed by atoms with Crippen molar-refractivity contribution in [2.24, 2.45) is 5.41 Å². The van der Waals surface area contributed by atoms with Crippen molar-refractivity contribution in [2.75, 3.05) is 19.6 Å². The number of hydrogen-bond donors (Lipinski definition) is 1. The Kier molecular flexibility index (Phi) is 1.64. The zero-order valence-electron chi connectivity index (χ0n) is 7.09. The fraction of sp³-hybridized carbons (Fsp3) is 0.875. The molecular formula is C8H11F2NO2. The number of aliphatic carboxylic acids is 1. The van der Waals surface area contributed by atoms with Gasteiger partial charge in [-0.2, -0.15) is 0 Å². The lowest BCUT2D eigenvalue weighted by Crippen LogP contribution is -2.66. The summed E-state index contributed by atoms with van der Waals surface area (Å²) < 4.78 is 25.0. The van der Waals surface area contributed by atoms with Crippen molar-refractivity contribution in [1.82, 2.24) is 4.90 Å². The summed E-state index contributed by atoms with van der Waals surface area (Å²) in [6, 6.07) is 0. The second kappa shape index (κ2) is 2.41. The molecule has 1 heterocycles. The standard InChI is InChI=1S/C8H11F2NO2/c9-8(10)2-7(3-8)4-11(5-7)1-6(12)13/h1-5H2,(H,12,13). The van der Waals surface area contributed by atoms with E-state index in [2.05, 4.69) is 0 Å².